The smallest absolute Gasteiger partial charge is 0.313 e. The van der Waals surface area contributed by atoms with Crippen LogP contribution >= 0.6 is 27.7 Å². The molecule has 0 aliphatic rings. The van der Waals surface area contributed by atoms with Gasteiger partial charge < -0.3 is 5.11 Å². The Morgan fingerprint density at radius 2 is 2.37 bits per heavy atom. The molecule has 96 valence electrons. The molecule has 0 amide bonds. The highest BCUT2D eigenvalue weighted by Crippen LogP contribution is 2.26. The third-order valence-electron chi connectivity index (χ3n) is 2.27. The van der Waals surface area contributed by atoms with Crippen molar-refractivity contribution in [3.05, 3.63) is 40.6 Å². The average molecular weight is 338 g/mol. The van der Waals surface area contributed by atoms with Gasteiger partial charge in [0.05, 0.1) is 23.1 Å². The van der Waals surface area contributed by atoms with Crippen molar-refractivity contribution in [3.8, 4) is 11.8 Å². The van der Waals surface area contributed by atoms with Crippen molar-refractivity contribution in [2.75, 3.05) is 5.75 Å². The standard InChI is InChI=1S/C12H8BrN3O2S/c13-9-5-8(6-14)1-2-10(9)16-4-3-15-12(16)19-7-11(17)18/h1-5H,7H2,(H,17,18). The summed E-state index contributed by atoms with van der Waals surface area (Å²) in [7, 11) is 0. The van der Waals surface area contributed by atoms with E-state index < -0.39 is 5.97 Å². The molecule has 1 heterocycles. The van der Waals surface area contributed by atoms with E-state index in [-0.39, 0.29) is 5.75 Å². The zero-order valence-electron chi connectivity index (χ0n) is 9.58. The maximum absolute atomic E-state index is 10.6. The van der Waals surface area contributed by atoms with Crippen LogP contribution in [0.3, 0.4) is 0 Å². The number of halogens is 1. The molecule has 1 N–H and O–H groups in total. The molecule has 0 bridgehead atoms. The molecular weight excluding hydrogens is 330 g/mol. The van der Waals surface area contributed by atoms with Gasteiger partial charge in [0.15, 0.2) is 5.16 Å². The van der Waals surface area contributed by atoms with Crippen LogP contribution in [0.5, 0.6) is 0 Å². The number of carboxylic acids is 1. The van der Waals surface area contributed by atoms with Gasteiger partial charge in [0.25, 0.3) is 0 Å². The largest absolute Gasteiger partial charge is 0.481 e. The van der Waals surface area contributed by atoms with Gasteiger partial charge in [0.1, 0.15) is 0 Å². The number of carbonyl (C=O) groups is 1. The number of rotatable bonds is 4. The van der Waals surface area contributed by atoms with Crippen molar-refractivity contribution < 1.29 is 9.90 Å². The quantitative estimate of drug-likeness (QED) is 0.867. The van der Waals surface area contributed by atoms with Crippen molar-refractivity contribution in [2.24, 2.45) is 0 Å². The summed E-state index contributed by atoms with van der Waals surface area (Å²) in [6, 6.07) is 7.25. The Labute approximate surface area is 122 Å². The number of hydrogen-bond acceptors (Lipinski definition) is 4. The van der Waals surface area contributed by atoms with Crippen molar-refractivity contribution in [2.45, 2.75) is 5.16 Å². The molecule has 2 aromatic rings. The number of hydrogen-bond donors (Lipinski definition) is 1. The molecule has 0 fully saturated rings. The lowest BCUT2D eigenvalue weighted by Crippen LogP contribution is -2.02. The van der Waals surface area contributed by atoms with Crippen molar-refractivity contribution in [3.63, 3.8) is 0 Å². The molecule has 5 nitrogen and oxygen atoms in total. The lowest BCUT2D eigenvalue weighted by molar-refractivity contribution is -0.133. The second kappa shape index (κ2) is 5.91. The first kappa shape index (κ1) is 13.6. The predicted octanol–water partition coefficient (Wildman–Crippen LogP) is 2.68. The Balaban J connectivity index is 2.35. The molecule has 7 heteroatoms. The highest BCUT2D eigenvalue weighted by molar-refractivity contribution is 9.10. The lowest BCUT2D eigenvalue weighted by atomic mass is 10.2. The number of aliphatic carboxylic acids is 1. The molecule has 0 aliphatic carbocycles. The summed E-state index contributed by atoms with van der Waals surface area (Å²) < 4.78 is 2.53. The van der Waals surface area contributed by atoms with E-state index in [0.29, 0.717) is 10.7 Å². The van der Waals surface area contributed by atoms with Crippen LogP contribution in [0.2, 0.25) is 0 Å². The van der Waals surface area contributed by atoms with E-state index in [9.17, 15) is 4.79 Å². The van der Waals surface area contributed by atoms with E-state index in [1.54, 1.807) is 35.2 Å². The number of benzene rings is 1. The van der Waals surface area contributed by atoms with E-state index >= 15 is 0 Å². The number of nitriles is 1. The Hall–Kier alpha value is -1.78. The van der Waals surface area contributed by atoms with E-state index in [2.05, 4.69) is 27.0 Å². The molecule has 0 atom stereocenters. The van der Waals surface area contributed by atoms with E-state index in [4.69, 9.17) is 10.4 Å². The van der Waals surface area contributed by atoms with Crippen LogP contribution in [0.15, 0.2) is 40.2 Å². The van der Waals surface area contributed by atoms with Crippen molar-refractivity contribution in [1.29, 1.82) is 5.26 Å². The van der Waals surface area contributed by atoms with Crippen LogP contribution in [0, 0.1) is 11.3 Å². The molecule has 0 spiro atoms. The summed E-state index contributed by atoms with van der Waals surface area (Å²) in [5, 5.41) is 18.1. The Kier molecular flexibility index (Phi) is 4.24. The number of aromatic nitrogens is 2. The Morgan fingerprint density at radius 1 is 1.58 bits per heavy atom. The lowest BCUT2D eigenvalue weighted by Gasteiger charge is -2.09. The van der Waals surface area contributed by atoms with Gasteiger partial charge in [-0.05, 0) is 34.1 Å². The van der Waals surface area contributed by atoms with Crippen molar-refractivity contribution >= 4 is 33.7 Å². The highest BCUT2D eigenvalue weighted by atomic mass is 79.9. The molecular formula is C12H8BrN3O2S. The van der Waals surface area contributed by atoms with Crippen LogP contribution in [-0.2, 0) is 4.79 Å². The first-order valence-electron chi connectivity index (χ1n) is 5.20. The molecule has 19 heavy (non-hydrogen) atoms. The Morgan fingerprint density at radius 3 is 3.00 bits per heavy atom. The summed E-state index contributed by atoms with van der Waals surface area (Å²) in [4.78, 5) is 14.7. The van der Waals surface area contributed by atoms with E-state index in [1.165, 1.54) is 0 Å². The maximum Gasteiger partial charge on any atom is 0.313 e. The van der Waals surface area contributed by atoms with Gasteiger partial charge in [0.2, 0.25) is 0 Å². The molecule has 0 aliphatic heterocycles. The first-order chi connectivity index (χ1) is 9.11. The van der Waals surface area contributed by atoms with Gasteiger partial charge in [-0.3, -0.25) is 9.36 Å². The van der Waals surface area contributed by atoms with Gasteiger partial charge in [-0.2, -0.15) is 5.26 Å². The fourth-order valence-electron chi connectivity index (χ4n) is 1.48. The molecule has 0 saturated heterocycles. The minimum absolute atomic E-state index is 0.0507. The molecule has 2 rings (SSSR count). The first-order valence-corrected chi connectivity index (χ1v) is 6.97. The van der Waals surface area contributed by atoms with Gasteiger partial charge >= 0.3 is 5.97 Å². The average Bonchev–Trinajstić information content (AvgIpc) is 2.84. The zero-order valence-corrected chi connectivity index (χ0v) is 12.0. The summed E-state index contributed by atoms with van der Waals surface area (Å²) in [5.41, 5.74) is 1.36. The molecule has 1 aromatic carbocycles. The summed E-state index contributed by atoms with van der Waals surface area (Å²) in [6.45, 7) is 0. The van der Waals surface area contributed by atoms with Crippen LogP contribution in [0.25, 0.3) is 5.69 Å². The minimum atomic E-state index is -0.890. The SMILES string of the molecule is N#Cc1ccc(-n2ccnc2SCC(=O)O)c(Br)c1. The van der Waals surface area contributed by atoms with Crippen LogP contribution in [0.4, 0.5) is 0 Å². The number of nitrogens with zero attached hydrogens (tertiary/aromatic N) is 3. The summed E-state index contributed by atoms with van der Waals surface area (Å²) in [6.07, 6.45) is 3.35. The predicted molar refractivity (Wildman–Crippen MR) is 74.3 cm³/mol. The molecule has 0 unspecified atom stereocenters. The molecule has 0 saturated carbocycles. The Bertz CT molecular complexity index is 663. The number of thioether (sulfide) groups is 1. The third-order valence-corrected chi connectivity index (χ3v) is 3.85. The van der Waals surface area contributed by atoms with Gasteiger partial charge in [-0.1, -0.05) is 11.8 Å². The van der Waals surface area contributed by atoms with Gasteiger partial charge in [-0.25, -0.2) is 4.98 Å². The number of carboxylic acid groups (broad SMARTS) is 1. The van der Waals surface area contributed by atoms with E-state index in [1.807, 2.05) is 0 Å². The second-order valence-corrected chi connectivity index (χ2v) is 5.34. The fraction of sp³-hybridized carbons (Fsp3) is 0.0833. The zero-order chi connectivity index (χ0) is 13.8. The summed E-state index contributed by atoms with van der Waals surface area (Å²) in [5.74, 6) is -0.941. The van der Waals surface area contributed by atoms with Crippen LogP contribution < -0.4 is 0 Å². The highest BCUT2D eigenvalue weighted by Gasteiger charge is 2.10. The second-order valence-electron chi connectivity index (χ2n) is 3.54. The minimum Gasteiger partial charge on any atom is -0.481 e. The van der Waals surface area contributed by atoms with Gasteiger partial charge in [-0.15, -0.1) is 0 Å². The fourth-order valence-corrected chi connectivity index (χ4v) is 2.73. The molecule has 1 aromatic heterocycles. The van der Waals surface area contributed by atoms with Crippen LogP contribution in [-0.4, -0.2) is 26.4 Å². The van der Waals surface area contributed by atoms with E-state index in [0.717, 1.165) is 21.9 Å². The van der Waals surface area contributed by atoms with Crippen LogP contribution in [0.1, 0.15) is 5.56 Å². The number of imidazole rings is 1. The summed E-state index contributed by atoms with van der Waals surface area (Å²) >= 11 is 4.54. The van der Waals surface area contributed by atoms with Crippen molar-refractivity contribution in [1.82, 2.24) is 9.55 Å². The third kappa shape index (κ3) is 3.16. The normalized spacial score (nSPS) is 10.1. The topological polar surface area (TPSA) is 78.9 Å². The van der Waals surface area contributed by atoms with Gasteiger partial charge in [0, 0.05) is 16.9 Å². The maximum atomic E-state index is 10.6. The molecule has 0 radical (unpaired) electrons. The monoisotopic (exact) mass is 337 g/mol.